The number of hydrogen-bond acceptors (Lipinski definition) is 5. The second-order valence-electron chi connectivity index (χ2n) is 5.86. The predicted molar refractivity (Wildman–Crippen MR) is 92.8 cm³/mol. The van der Waals surface area contributed by atoms with Gasteiger partial charge < -0.3 is 60.9 Å². The van der Waals surface area contributed by atoms with Gasteiger partial charge in [-0.15, -0.1) is 0 Å². The van der Waals surface area contributed by atoms with Gasteiger partial charge in [-0.1, -0.05) is 26.7 Å². The molecule has 0 spiro atoms. The van der Waals surface area contributed by atoms with E-state index in [1.165, 1.54) is 11.1 Å². The largest absolute Gasteiger partial charge is 3.00 e. The van der Waals surface area contributed by atoms with Gasteiger partial charge in [0.25, 0.3) is 0 Å². The summed E-state index contributed by atoms with van der Waals surface area (Å²) in [6.07, 6.45) is 4.38. The van der Waals surface area contributed by atoms with Gasteiger partial charge in [-0.2, -0.15) is 0 Å². The van der Waals surface area contributed by atoms with E-state index in [-0.39, 0.29) is 55.8 Å². The summed E-state index contributed by atoms with van der Waals surface area (Å²) >= 11 is 0. The van der Waals surface area contributed by atoms with Crippen LogP contribution in [0.5, 0.6) is 11.5 Å². The van der Waals surface area contributed by atoms with Crippen LogP contribution in [0.1, 0.15) is 44.2 Å². The summed E-state index contributed by atoms with van der Waals surface area (Å²) in [5, 5.41) is 0. The van der Waals surface area contributed by atoms with Gasteiger partial charge >= 0.3 is 18.6 Å². The van der Waals surface area contributed by atoms with Gasteiger partial charge in [0.15, 0.2) is 11.5 Å². The molecule has 1 aliphatic rings. The van der Waals surface area contributed by atoms with Crippen LogP contribution in [0.3, 0.4) is 0 Å². The summed E-state index contributed by atoms with van der Waals surface area (Å²) in [6, 6.07) is 4.12. The van der Waals surface area contributed by atoms with Crippen LogP contribution >= 0.6 is 0 Å². The fourth-order valence-electron chi connectivity index (χ4n) is 2.53. The zero-order chi connectivity index (χ0) is 17.0. The zero-order valence-electron chi connectivity index (χ0n) is 16.6. The smallest absolute Gasteiger partial charge is 1.00 e. The molecule has 28 heavy (non-hydrogen) atoms. The molecule has 9 heteroatoms. The monoisotopic (exact) mass is 494 g/mol. The van der Waals surface area contributed by atoms with E-state index in [0.29, 0.717) is 39.8 Å². The normalized spacial score (nSPS) is 10.9. The SMILES string of the molecule is CCCCOCCOCCOCc1cc2c(cc1CCC)OCO2.[Cl-].[Cl-].[Cl-].[V+3]. The molecule has 0 amide bonds. The van der Waals surface area contributed by atoms with Crippen molar-refractivity contribution < 1.29 is 79.5 Å². The van der Waals surface area contributed by atoms with Crippen LogP contribution in [0.4, 0.5) is 0 Å². The number of rotatable bonds is 13. The van der Waals surface area contributed by atoms with Crippen molar-refractivity contribution in [2.75, 3.05) is 39.8 Å². The van der Waals surface area contributed by atoms with Crippen LogP contribution in [0.15, 0.2) is 12.1 Å². The summed E-state index contributed by atoms with van der Waals surface area (Å²) in [5.74, 6) is 1.66. The van der Waals surface area contributed by atoms with Gasteiger partial charge in [-0.05, 0) is 36.1 Å². The van der Waals surface area contributed by atoms with Crippen molar-refractivity contribution in [2.24, 2.45) is 0 Å². The Morgan fingerprint density at radius 1 is 0.750 bits per heavy atom. The number of ether oxygens (including phenoxy) is 5. The van der Waals surface area contributed by atoms with Crippen LogP contribution in [0.25, 0.3) is 0 Å². The molecule has 0 saturated carbocycles. The number of aryl methyl sites for hydroxylation is 1. The Hall–Kier alpha value is 0.154. The Morgan fingerprint density at radius 2 is 1.29 bits per heavy atom. The Labute approximate surface area is 199 Å². The minimum absolute atomic E-state index is 0. The molecule has 1 aliphatic heterocycles. The van der Waals surface area contributed by atoms with Crippen LogP contribution in [-0.2, 0) is 45.8 Å². The predicted octanol–water partition coefficient (Wildman–Crippen LogP) is -5.27. The third-order valence-electron chi connectivity index (χ3n) is 3.86. The molecule has 5 nitrogen and oxygen atoms in total. The van der Waals surface area contributed by atoms with Gasteiger partial charge in [-0.3, -0.25) is 0 Å². The van der Waals surface area contributed by atoms with Crippen molar-refractivity contribution in [1.29, 1.82) is 0 Å². The van der Waals surface area contributed by atoms with Crippen LogP contribution in [0, 0.1) is 0 Å². The summed E-state index contributed by atoms with van der Waals surface area (Å²) in [4.78, 5) is 0. The topological polar surface area (TPSA) is 46.2 Å². The molecule has 0 unspecified atom stereocenters. The van der Waals surface area contributed by atoms with Crippen molar-refractivity contribution in [3.05, 3.63) is 23.3 Å². The third-order valence-corrected chi connectivity index (χ3v) is 3.86. The molecule has 0 aliphatic carbocycles. The van der Waals surface area contributed by atoms with Crippen LogP contribution in [0.2, 0.25) is 0 Å². The first kappa shape index (κ1) is 32.8. The minimum Gasteiger partial charge on any atom is -1.00 e. The minimum atomic E-state index is 0. The second-order valence-corrected chi connectivity index (χ2v) is 5.86. The molecule has 1 aromatic rings. The zero-order valence-corrected chi connectivity index (χ0v) is 20.2. The van der Waals surface area contributed by atoms with E-state index in [1.807, 2.05) is 6.07 Å². The van der Waals surface area contributed by atoms with E-state index in [9.17, 15) is 0 Å². The summed E-state index contributed by atoms with van der Waals surface area (Å²) < 4.78 is 27.6. The van der Waals surface area contributed by atoms with Crippen molar-refractivity contribution >= 4 is 0 Å². The van der Waals surface area contributed by atoms with E-state index in [2.05, 4.69) is 19.9 Å². The first-order valence-corrected chi connectivity index (χ1v) is 8.99. The molecular formula is C19H30Cl3O5V. The van der Waals surface area contributed by atoms with E-state index >= 15 is 0 Å². The van der Waals surface area contributed by atoms with Crippen molar-refractivity contribution in [1.82, 2.24) is 0 Å². The standard InChI is InChI=1S/C19H30O5.3ClH.V/c1-3-5-7-20-8-9-21-10-11-22-14-17-13-19-18(23-15-24-19)12-16(17)6-4-2;;;;/h12-13H,3-11,14-15H2,1-2H3;3*1H;/q;;;;+3/p-3. The number of fused-ring (bicyclic) bond motifs is 1. The quantitative estimate of drug-likeness (QED) is 0.256. The van der Waals surface area contributed by atoms with Gasteiger partial charge in [0.2, 0.25) is 6.79 Å². The number of benzene rings is 1. The molecule has 0 radical (unpaired) electrons. The summed E-state index contributed by atoms with van der Waals surface area (Å²) in [7, 11) is 0. The average molecular weight is 496 g/mol. The average Bonchev–Trinajstić information content (AvgIpc) is 3.04. The summed E-state index contributed by atoms with van der Waals surface area (Å²) in [5.41, 5.74) is 2.44. The molecule has 1 heterocycles. The Morgan fingerprint density at radius 3 is 1.86 bits per heavy atom. The van der Waals surface area contributed by atoms with Crippen molar-refractivity contribution in [3.8, 4) is 11.5 Å². The molecular weight excluding hydrogens is 466 g/mol. The molecule has 0 fully saturated rings. The fourth-order valence-corrected chi connectivity index (χ4v) is 2.53. The maximum Gasteiger partial charge on any atom is 3.00 e. The molecule has 0 saturated heterocycles. The molecule has 0 N–H and O–H groups in total. The molecule has 0 aromatic heterocycles. The van der Waals surface area contributed by atoms with E-state index in [1.54, 1.807) is 0 Å². The molecule has 2 rings (SSSR count). The summed E-state index contributed by atoms with van der Waals surface area (Å²) in [6.45, 7) is 8.47. The molecule has 162 valence electrons. The Bertz CT molecular complexity index is 495. The van der Waals surface area contributed by atoms with Gasteiger partial charge in [0.05, 0.1) is 33.0 Å². The van der Waals surface area contributed by atoms with E-state index in [4.69, 9.17) is 23.7 Å². The molecule has 1 aromatic carbocycles. The maximum absolute atomic E-state index is 5.75. The number of halogens is 3. The second kappa shape index (κ2) is 20.4. The van der Waals surface area contributed by atoms with E-state index < -0.39 is 0 Å². The van der Waals surface area contributed by atoms with Gasteiger partial charge in [0.1, 0.15) is 0 Å². The van der Waals surface area contributed by atoms with Crippen molar-refractivity contribution in [3.63, 3.8) is 0 Å². The van der Waals surface area contributed by atoms with Gasteiger partial charge in [0, 0.05) is 6.61 Å². The number of unbranched alkanes of at least 4 members (excludes halogenated alkanes) is 1. The first-order valence-electron chi connectivity index (χ1n) is 8.99. The van der Waals surface area contributed by atoms with Gasteiger partial charge in [-0.25, -0.2) is 0 Å². The fraction of sp³-hybridized carbons (Fsp3) is 0.684. The van der Waals surface area contributed by atoms with Crippen LogP contribution in [-0.4, -0.2) is 39.8 Å². The molecule has 0 bridgehead atoms. The first-order chi connectivity index (χ1) is 11.8. The molecule has 0 atom stereocenters. The Kier molecular flexibility index (Phi) is 23.9. The van der Waals surface area contributed by atoms with Crippen molar-refractivity contribution in [2.45, 2.75) is 46.1 Å². The van der Waals surface area contributed by atoms with E-state index in [0.717, 1.165) is 43.8 Å². The van der Waals surface area contributed by atoms with Crippen LogP contribution < -0.4 is 46.7 Å². The third kappa shape index (κ3) is 12.0. The Balaban J connectivity index is -0.00000156. The maximum atomic E-state index is 5.75. The number of hydrogen-bond donors (Lipinski definition) is 0.